The normalized spacial score (nSPS) is 11.7. The summed E-state index contributed by atoms with van der Waals surface area (Å²) in [5.41, 5.74) is 2.19. The first kappa shape index (κ1) is 15.6. The molecule has 0 aliphatic heterocycles. The Morgan fingerprint density at radius 1 is 1.32 bits per heavy atom. The fraction of sp³-hybridized carbons (Fsp3) is 0.467. The molecule has 1 aromatic carbocycles. The molecule has 2 N–H and O–H groups in total. The van der Waals surface area contributed by atoms with Gasteiger partial charge in [-0.1, -0.05) is 39.0 Å². The number of amides is 1. The fourth-order valence-corrected chi connectivity index (χ4v) is 2.05. The second-order valence-electron chi connectivity index (χ2n) is 4.65. The zero-order chi connectivity index (χ0) is 14.3. The van der Waals surface area contributed by atoms with Crippen LogP contribution in [0.1, 0.15) is 51.5 Å². The molecule has 4 heteroatoms. The van der Waals surface area contributed by atoms with Crippen molar-refractivity contribution in [2.24, 2.45) is 0 Å². The standard InChI is InChI=1S/C15H22N2OS/c1-4-8-14(18)17-15(19)16-13-10-7-6-9-12(13)11(3)5-2/h6-7,9-11H,4-5,8H2,1-3H3,(H2,16,17,18,19)/t11-/m1/s1. The number of carbonyl (C=O) groups excluding carboxylic acids is 1. The number of para-hydroxylation sites is 1. The van der Waals surface area contributed by atoms with Crippen LogP contribution in [0, 0.1) is 0 Å². The van der Waals surface area contributed by atoms with Gasteiger partial charge < -0.3 is 10.6 Å². The molecule has 0 saturated carbocycles. The van der Waals surface area contributed by atoms with Crippen molar-refractivity contribution in [3.05, 3.63) is 29.8 Å². The highest BCUT2D eigenvalue weighted by Crippen LogP contribution is 2.26. The van der Waals surface area contributed by atoms with Crippen molar-refractivity contribution in [1.29, 1.82) is 0 Å². The minimum absolute atomic E-state index is 0.0407. The summed E-state index contributed by atoms with van der Waals surface area (Å²) in [5, 5.41) is 6.18. The van der Waals surface area contributed by atoms with Crippen molar-refractivity contribution in [2.75, 3.05) is 5.32 Å². The van der Waals surface area contributed by atoms with Gasteiger partial charge in [0.1, 0.15) is 0 Å². The van der Waals surface area contributed by atoms with Crippen molar-refractivity contribution < 1.29 is 4.79 Å². The van der Waals surface area contributed by atoms with Crippen molar-refractivity contribution in [2.45, 2.75) is 46.0 Å². The monoisotopic (exact) mass is 278 g/mol. The Labute approximate surface area is 120 Å². The second kappa shape index (κ2) is 7.89. The summed E-state index contributed by atoms with van der Waals surface area (Å²) in [6.07, 6.45) is 2.38. The van der Waals surface area contributed by atoms with Crippen LogP contribution in [0.3, 0.4) is 0 Å². The molecule has 3 nitrogen and oxygen atoms in total. The van der Waals surface area contributed by atoms with Crippen molar-refractivity contribution in [3.8, 4) is 0 Å². The van der Waals surface area contributed by atoms with Gasteiger partial charge in [-0.25, -0.2) is 0 Å². The maximum absolute atomic E-state index is 11.5. The zero-order valence-electron chi connectivity index (χ0n) is 11.8. The largest absolute Gasteiger partial charge is 0.332 e. The average Bonchev–Trinajstić information content (AvgIpc) is 2.38. The lowest BCUT2D eigenvalue weighted by Crippen LogP contribution is -2.34. The SMILES string of the molecule is CCCC(=O)NC(=S)Nc1ccccc1[C@H](C)CC. The van der Waals surface area contributed by atoms with Crippen LogP contribution in [0.25, 0.3) is 0 Å². The van der Waals surface area contributed by atoms with Crippen molar-refractivity contribution in [1.82, 2.24) is 5.32 Å². The summed E-state index contributed by atoms with van der Waals surface area (Å²) < 4.78 is 0. The van der Waals surface area contributed by atoms with E-state index in [1.165, 1.54) is 5.56 Å². The molecule has 1 rings (SSSR count). The molecule has 0 aliphatic rings. The van der Waals surface area contributed by atoms with Crippen LogP contribution in [0.5, 0.6) is 0 Å². The Kier molecular flexibility index (Phi) is 6.50. The van der Waals surface area contributed by atoms with Crippen LogP contribution in [0.4, 0.5) is 5.69 Å². The molecule has 0 bridgehead atoms. The minimum Gasteiger partial charge on any atom is -0.332 e. The molecule has 1 aromatic rings. The minimum atomic E-state index is -0.0407. The van der Waals surface area contributed by atoms with E-state index < -0.39 is 0 Å². The molecule has 0 radical (unpaired) electrons. The summed E-state index contributed by atoms with van der Waals surface area (Å²) in [4.78, 5) is 11.5. The third-order valence-electron chi connectivity index (χ3n) is 3.08. The van der Waals surface area contributed by atoms with Crippen molar-refractivity contribution in [3.63, 3.8) is 0 Å². The third kappa shape index (κ3) is 4.99. The maximum atomic E-state index is 11.5. The molecule has 1 amide bonds. The van der Waals surface area contributed by atoms with E-state index in [1.807, 2.05) is 25.1 Å². The average molecular weight is 278 g/mol. The van der Waals surface area contributed by atoms with E-state index >= 15 is 0 Å². The van der Waals surface area contributed by atoms with E-state index in [1.54, 1.807) is 0 Å². The van der Waals surface area contributed by atoms with Gasteiger partial charge in [-0.05, 0) is 42.6 Å². The van der Waals surface area contributed by atoms with Gasteiger partial charge in [0.2, 0.25) is 5.91 Å². The maximum Gasteiger partial charge on any atom is 0.226 e. The topological polar surface area (TPSA) is 41.1 Å². The molecule has 19 heavy (non-hydrogen) atoms. The zero-order valence-corrected chi connectivity index (χ0v) is 12.6. The van der Waals surface area contributed by atoms with E-state index in [0.717, 1.165) is 18.5 Å². The Hall–Kier alpha value is -1.42. The Bertz CT molecular complexity index is 446. The van der Waals surface area contributed by atoms with Gasteiger partial charge in [0.15, 0.2) is 5.11 Å². The summed E-state index contributed by atoms with van der Waals surface area (Å²) in [5.74, 6) is 0.416. The number of thiocarbonyl (C=S) groups is 1. The first-order valence-electron chi connectivity index (χ1n) is 6.78. The Balaban J connectivity index is 2.71. The van der Waals surface area contributed by atoms with Crippen LogP contribution in [0.2, 0.25) is 0 Å². The molecule has 0 spiro atoms. The number of rotatable bonds is 5. The van der Waals surface area contributed by atoms with E-state index in [4.69, 9.17) is 12.2 Å². The molecule has 104 valence electrons. The van der Waals surface area contributed by atoms with Crippen LogP contribution in [0.15, 0.2) is 24.3 Å². The van der Waals surface area contributed by atoms with Gasteiger partial charge in [0.05, 0.1) is 0 Å². The summed E-state index contributed by atoms with van der Waals surface area (Å²) >= 11 is 5.17. The number of benzene rings is 1. The first-order valence-corrected chi connectivity index (χ1v) is 7.19. The van der Waals surface area contributed by atoms with Crippen molar-refractivity contribution >= 4 is 28.9 Å². The van der Waals surface area contributed by atoms with E-state index in [2.05, 4.69) is 30.5 Å². The molecule has 0 heterocycles. The molecule has 0 aromatic heterocycles. The smallest absolute Gasteiger partial charge is 0.226 e. The number of nitrogens with one attached hydrogen (secondary N) is 2. The van der Waals surface area contributed by atoms with Crippen LogP contribution in [-0.4, -0.2) is 11.0 Å². The fourth-order valence-electron chi connectivity index (χ4n) is 1.83. The lowest BCUT2D eigenvalue weighted by molar-refractivity contribution is -0.119. The highest BCUT2D eigenvalue weighted by Gasteiger charge is 2.10. The van der Waals surface area contributed by atoms with Gasteiger partial charge in [0, 0.05) is 12.1 Å². The molecular formula is C15H22N2OS. The van der Waals surface area contributed by atoms with Gasteiger partial charge in [-0.3, -0.25) is 4.79 Å². The third-order valence-corrected chi connectivity index (χ3v) is 3.29. The van der Waals surface area contributed by atoms with Crippen LogP contribution >= 0.6 is 12.2 Å². The predicted octanol–water partition coefficient (Wildman–Crippen LogP) is 3.81. The van der Waals surface area contributed by atoms with Crippen LogP contribution < -0.4 is 10.6 Å². The van der Waals surface area contributed by atoms with E-state index in [9.17, 15) is 4.79 Å². The molecule has 0 saturated heterocycles. The van der Waals surface area contributed by atoms with Gasteiger partial charge in [0.25, 0.3) is 0 Å². The number of hydrogen-bond donors (Lipinski definition) is 2. The Morgan fingerprint density at radius 3 is 2.63 bits per heavy atom. The van der Waals surface area contributed by atoms with Gasteiger partial charge >= 0.3 is 0 Å². The first-order chi connectivity index (χ1) is 9.08. The van der Waals surface area contributed by atoms with Gasteiger partial charge in [-0.15, -0.1) is 0 Å². The Morgan fingerprint density at radius 2 is 2.00 bits per heavy atom. The van der Waals surface area contributed by atoms with E-state index in [0.29, 0.717) is 17.5 Å². The van der Waals surface area contributed by atoms with E-state index in [-0.39, 0.29) is 5.91 Å². The molecule has 1 atom stereocenters. The molecule has 0 unspecified atom stereocenters. The predicted molar refractivity (Wildman–Crippen MR) is 84.4 cm³/mol. The summed E-state index contributed by atoms with van der Waals surface area (Å²) in [6, 6.07) is 8.06. The number of anilines is 1. The summed E-state index contributed by atoms with van der Waals surface area (Å²) in [7, 11) is 0. The summed E-state index contributed by atoms with van der Waals surface area (Å²) in [6.45, 7) is 6.30. The molecule has 0 aliphatic carbocycles. The quantitative estimate of drug-likeness (QED) is 0.805. The molecule has 0 fully saturated rings. The van der Waals surface area contributed by atoms with Crippen LogP contribution in [-0.2, 0) is 4.79 Å². The highest BCUT2D eigenvalue weighted by molar-refractivity contribution is 7.80. The highest BCUT2D eigenvalue weighted by atomic mass is 32.1. The second-order valence-corrected chi connectivity index (χ2v) is 5.06. The number of carbonyl (C=O) groups is 1. The lowest BCUT2D eigenvalue weighted by Gasteiger charge is -2.17. The van der Waals surface area contributed by atoms with Gasteiger partial charge in [-0.2, -0.15) is 0 Å². The lowest BCUT2D eigenvalue weighted by atomic mass is 9.97. The molecular weight excluding hydrogens is 256 g/mol. The number of hydrogen-bond acceptors (Lipinski definition) is 2.